The van der Waals surface area contributed by atoms with Crippen molar-refractivity contribution in [3.05, 3.63) is 71.8 Å². The molecule has 0 bridgehead atoms. The lowest BCUT2D eigenvalue weighted by molar-refractivity contribution is 0.0426. The minimum atomic E-state index is -0.340. The Labute approximate surface area is 141 Å². The number of amides is 1. The Morgan fingerprint density at radius 2 is 1.88 bits per heavy atom. The molecule has 0 aliphatic carbocycles. The van der Waals surface area contributed by atoms with Gasteiger partial charge in [-0.15, -0.1) is 0 Å². The summed E-state index contributed by atoms with van der Waals surface area (Å²) < 4.78 is 5.48. The van der Waals surface area contributed by atoms with Gasteiger partial charge < -0.3 is 14.5 Å². The molecule has 4 rings (SSSR count). The second-order valence-corrected chi connectivity index (χ2v) is 6.37. The molecule has 2 aliphatic heterocycles. The van der Waals surface area contributed by atoms with E-state index < -0.39 is 0 Å². The molecule has 0 spiro atoms. The molecule has 0 aromatic heterocycles. The minimum Gasteiger partial charge on any atom is -0.445 e. The number of fused-ring (bicyclic) bond motifs is 1. The summed E-state index contributed by atoms with van der Waals surface area (Å²) in [4.78, 5) is 19.7. The number of hydrogen-bond donors (Lipinski definition) is 1. The summed E-state index contributed by atoms with van der Waals surface area (Å²) in [6, 6.07) is 19.9. The van der Waals surface area contributed by atoms with Gasteiger partial charge in [-0.2, -0.15) is 5.48 Å². The van der Waals surface area contributed by atoms with Gasteiger partial charge in [-0.05, 0) is 11.1 Å². The van der Waals surface area contributed by atoms with Crippen LogP contribution in [-0.4, -0.2) is 30.7 Å². The molecule has 1 amide bonds. The number of ether oxygens (including phenoxy) is 1. The van der Waals surface area contributed by atoms with Gasteiger partial charge in [-0.1, -0.05) is 60.7 Å². The first-order valence-electron chi connectivity index (χ1n) is 8.18. The van der Waals surface area contributed by atoms with Crippen LogP contribution in [0.25, 0.3) is 0 Å². The summed E-state index contributed by atoms with van der Waals surface area (Å²) in [5.41, 5.74) is 4.95. The molecule has 5 nitrogen and oxygen atoms in total. The van der Waals surface area contributed by atoms with E-state index in [1.165, 1.54) is 0 Å². The lowest BCUT2D eigenvalue weighted by atomic mass is 9.83. The third kappa shape index (κ3) is 2.66. The molecule has 2 heterocycles. The summed E-state index contributed by atoms with van der Waals surface area (Å²) in [6.45, 7) is 2.07. The van der Waals surface area contributed by atoms with E-state index in [1.54, 1.807) is 4.90 Å². The highest BCUT2D eigenvalue weighted by atomic mass is 16.7. The lowest BCUT2D eigenvalue weighted by Crippen LogP contribution is -2.44. The fraction of sp³-hybridized carbons (Fsp3) is 0.316. The molecule has 2 aliphatic rings. The van der Waals surface area contributed by atoms with E-state index >= 15 is 0 Å². The van der Waals surface area contributed by atoms with Crippen molar-refractivity contribution in [1.29, 1.82) is 0 Å². The standard InChI is InChI=1S/C19H20N2O3/c22-18(23-12-15-7-3-1-4-8-15)21-11-17-13-24-20-19(17,14-21)16-9-5-2-6-10-16/h1-10,17,20H,11-14H2/t17-,19+/m1/s1. The average molecular weight is 324 g/mol. The molecule has 2 atom stereocenters. The maximum Gasteiger partial charge on any atom is 0.410 e. The van der Waals surface area contributed by atoms with Crippen molar-refractivity contribution in [2.75, 3.05) is 19.7 Å². The molecule has 0 unspecified atom stereocenters. The number of hydroxylamine groups is 1. The van der Waals surface area contributed by atoms with Gasteiger partial charge in [0.2, 0.25) is 0 Å². The summed E-state index contributed by atoms with van der Waals surface area (Å²) >= 11 is 0. The van der Waals surface area contributed by atoms with Gasteiger partial charge in [-0.25, -0.2) is 4.79 Å². The first-order valence-corrected chi connectivity index (χ1v) is 8.18. The SMILES string of the molecule is O=C(OCc1ccccc1)N1C[C@@H]2CON[C@]2(c2ccccc2)C1. The van der Waals surface area contributed by atoms with Crippen LogP contribution in [-0.2, 0) is 21.7 Å². The van der Waals surface area contributed by atoms with E-state index in [-0.39, 0.29) is 17.6 Å². The number of carbonyl (C=O) groups is 1. The van der Waals surface area contributed by atoms with Gasteiger partial charge in [-0.3, -0.25) is 0 Å². The largest absolute Gasteiger partial charge is 0.445 e. The van der Waals surface area contributed by atoms with Gasteiger partial charge in [0.15, 0.2) is 0 Å². The van der Waals surface area contributed by atoms with Crippen molar-refractivity contribution in [2.24, 2.45) is 5.92 Å². The van der Waals surface area contributed by atoms with Crippen molar-refractivity contribution >= 4 is 6.09 Å². The monoisotopic (exact) mass is 324 g/mol. The Kier molecular flexibility index (Phi) is 3.96. The van der Waals surface area contributed by atoms with Crippen LogP contribution < -0.4 is 5.48 Å². The molecule has 0 saturated carbocycles. The van der Waals surface area contributed by atoms with Crippen LogP contribution >= 0.6 is 0 Å². The lowest BCUT2D eigenvalue weighted by Gasteiger charge is -2.27. The minimum absolute atomic E-state index is 0.226. The second kappa shape index (κ2) is 6.26. The topological polar surface area (TPSA) is 50.8 Å². The molecule has 124 valence electrons. The van der Waals surface area contributed by atoms with Crippen molar-refractivity contribution in [2.45, 2.75) is 12.1 Å². The maximum absolute atomic E-state index is 12.5. The highest BCUT2D eigenvalue weighted by Crippen LogP contribution is 2.40. The third-order valence-corrected chi connectivity index (χ3v) is 4.87. The van der Waals surface area contributed by atoms with E-state index in [2.05, 4.69) is 17.6 Å². The van der Waals surface area contributed by atoms with Gasteiger partial charge in [0.1, 0.15) is 6.61 Å². The number of carbonyl (C=O) groups excluding carboxylic acids is 1. The van der Waals surface area contributed by atoms with Crippen LogP contribution in [0.3, 0.4) is 0 Å². The van der Waals surface area contributed by atoms with Gasteiger partial charge in [0, 0.05) is 19.0 Å². The fourth-order valence-corrected chi connectivity index (χ4v) is 3.57. The summed E-state index contributed by atoms with van der Waals surface area (Å²) in [5.74, 6) is 0.226. The quantitative estimate of drug-likeness (QED) is 0.943. The van der Waals surface area contributed by atoms with Crippen molar-refractivity contribution in [1.82, 2.24) is 10.4 Å². The Bertz CT molecular complexity index is 707. The van der Waals surface area contributed by atoms with Gasteiger partial charge >= 0.3 is 6.09 Å². The van der Waals surface area contributed by atoms with E-state index in [0.29, 0.717) is 26.3 Å². The normalized spacial score (nSPS) is 25.5. The van der Waals surface area contributed by atoms with Gasteiger partial charge in [0.25, 0.3) is 0 Å². The Balaban J connectivity index is 1.46. The summed E-state index contributed by atoms with van der Waals surface area (Å²) in [7, 11) is 0. The van der Waals surface area contributed by atoms with Crippen molar-refractivity contribution in [3.63, 3.8) is 0 Å². The molecular formula is C19H20N2O3. The summed E-state index contributed by atoms with van der Waals surface area (Å²) in [6.07, 6.45) is -0.273. The molecule has 2 fully saturated rings. The van der Waals surface area contributed by atoms with Gasteiger partial charge in [0.05, 0.1) is 12.1 Å². The number of benzene rings is 2. The average Bonchev–Trinajstić information content (AvgIpc) is 3.20. The van der Waals surface area contributed by atoms with E-state index in [1.807, 2.05) is 48.5 Å². The molecule has 24 heavy (non-hydrogen) atoms. The van der Waals surface area contributed by atoms with Crippen LogP contribution in [0.4, 0.5) is 4.79 Å². The Hall–Kier alpha value is -2.37. The maximum atomic E-state index is 12.5. The molecule has 2 saturated heterocycles. The number of rotatable bonds is 3. The first kappa shape index (κ1) is 15.2. The predicted octanol–water partition coefficient (Wildman–Crippen LogP) is 2.69. The molecule has 1 N–H and O–H groups in total. The third-order valence-electron chi connectivity index (χ3n) is 4.87. The number of hydrogen-bond acceptors (Lipinski definition) is 4. The van der Waals surface area contributed by atoms with Crippen molar-refractivity contribution in [3.8, 4) is 0 Å². The first-order chi connectivity index (χ1) is 11.8. The van der Waals surface area contributed by atoms with E-state index in [9.17, 15) is 4.79 Å². The van der Waals surface area contributed by atoms with Crippen LogP contribution in [0, 0.1) is 5.92 Å². The molecule has 5 heteroatoms. The second-order valence-electron chi connectivity index (χ2n) is 6.37. The molecular weight excluding hydrogens is 304 g/mol. The zero-order valence-electron chi connectivity index (χ0n) is 13.4. The zero-order chi connectivity index (χ0) is 16.4. The van der Waals surface area contributed by atoms with Crippen LogP contribution in [0.2, 0.25) is 0 Å². The van der Waals surface area contributed by atoms with Crippen molar-refractivity contribution < 1.29 is 14.4 Å². The highest BCUT2D eigenvalue weighted by molar-refractivity contribution is 5.68. The number of nitrogens with zero attached hydrogens (tertiary/aromatic N) is 1. The zero-order valence-corrected chi connectivity index (χ0v) is 13.4. The number of nitrogens with one attached hydrogen (secondary N) is 1. The molecule has 2 aromatic carbocycles. The molecule has 2 aromatic rings. The predicted molar refractivity (Wildman–Crippen MR) is 88.9 cm³/mol. The fourth-order valence-electron chi connectivity index (χ4n) is 3.57. The van der Waals surface area contributed by atoms with Crippen LogP contribution in [0.15, 0.2) is 60.7 Å². The Morgan fingerprint density at radius 3 is 2.62 bits per heavy atom. The smallest absolute Gasteiger partial charge is 0.410 e. The Morgan fingerprint density at radius 1 is 1.17 bits per heavy atom. The van der Waals surface area contributed by atoms with E-state index in [0.717, 1.165) is 11.1 Å². The molecule has 0 radical (unpaired) electrons. The number of likely N-dealkylation sites (tertiary alicyclic amines) is 1. The van der Waals surface area contributed by atoms with Crippen LogP contribution in [0.5, 0.6) is 0 Å². The van der Waals surface area contributed by atoms with E-state index in [4.69, 9.17) is 9.57 Å². The highest BCUT2D eigenvalue weighted by Gasteiger charge is 2.53. The summed E-state index contributed by atoms with van der Waals surface area (Å²) in [5, 5.41) is 0. The van der Waals surface area contributed by atoms with Crippen LogP contribution in [0.1, 0.15) is 11.1 Å².